The molecule has 3 aromatic rings. The van der Waals surface area contributed by atoms with Gasteiger partial charge in [0.2, 0.25) is 0 Å². The smallest absolute Gasteiger partial charge is 0.357 e. The highest BCUT2D eigenvalue weighted by Gasteiger charge is 2.18. The number of anilines is 1. The fourth-order valence-corrected chi connectivity index (χ4v) is 3.17. The zero-order valence-corrected chi connectivity index (χ0v) is 16.1. The Bertz CT molecular complexity index is 1000. The van der Waals surface area contributed by atoms with E-state index in [1.807, 2.05) is 60.7 Å². The van der Waals surface area contributed by atoms with E-state index < -0.39 is 5.97 Å². The number of esters is 1. The fraction of sp³-hybridized carbons (Fsp3) is 0.136. The Morgan fingerprint density at radius 2 is 1.75 bits per heavy atom. The standard InChI is InChI=1S/C22H18N2O3S/c1-2-27-22(26)19-16-28-20(23-19)15-24(18-11-7-4-8-12-18)21(25)14-13-17-9-5-3-6-10-17/h3-12,16H,2,15H2,1H3. The summed E-state index contributed by atoms with van der Waals surface area (Å²) >= 11 is 1.30. The van der Waals surface area contributed by atoms with E-state index in [0.29, 0.717) is 10.7 Å². The van der Waals surface area contributed by atoms with Gasteiger partial charge in [-0.25, -0.2) is 9.78 Å². The summed E-state index contributed by atoms with van der Waals surface area (Å²) in [6, 6.07) is 18.6. The maximum absolute atomic E-state index is 12.8. The van der Waals surface area contributed by atoms with E-state index in [4.69, 9.17) is 4.74 Å². The predicted octanol–water partition coefficient (Wildman–Crippen LogP) is 3.90. The van der Waals surface area contributed by atoms with Crippen molar-refractivity contribution in [2.75, 3.05) is 11.5 Å². The quantitative estimate of drug-likeness (QED) is 0.490. The van der Waals surface area contributed by atoms with Crippen LogP contribution in [0.4, 0.5) is 5.69 Å². The van der Waals surface area contributed by atoms with Gasteiger partial charge >= 0.3 is 11.9 Å². The average molecular weight is 390 g/mol. The van der Waals surface area contributed by atoms with Crippen molar-refractivity contribution in [3.8, 4) is 11.8 Å². The number of hydrogen-bond acceptors (Lipinski definition) is 5. The summed E-state index contributed by atoms with van der Waals surface area (Å²) in [4.78, 5) is 30.5. The number of thiazole rings is 1. The minimum absolute atomic E-state index is 0.219. The Morgan fingerprint density at radius 1 is 1.07 bits per heavy atom. The zero-order valence-electron chi connectivity index (χ0n) is 15.3. The number of para-hydroxylation sites is 1. The van der Waals surface area contributed by atoms with Crippen LogP contribution >= 0.6 is 11.3 Å². The molecule has 0 radical (unpaired) electrons. The summed E-state index contributed by atoms with van der Waals surface area (Å²) < 4.78 is 4.97. The van der Waals surface area contributed by atoms with Crippen molar-refractivity contribution in [2.45, 2.75) is 13.5 Å². The van der Waals surface area contributed by atoms with E-state index in [1.54, 1.807) is 17.2 Å². The van der Waals surface area contributed by atoms with E-state index in [1.165, 1.54) is 11.3 Å². The number of rotatable bonds is 5. The van der Waals surface area contributed by atoms with Gasteiger partial charge in [0.1, 0.15) is 5.01 Å². The Labute approximate surface area is 167 Å². The molecule has 28 heavy (non-hydrogen) atoms. The lowest BCUT2D eigenvalue weighted by atomic mass is 10.2. The van der Waals surface area contributed by atoms with Crippen LogP contribution in [0.3, 0.4) is 0 Å². The van der Waals surface area contributed by atoms with Crippen molar-refractivity contribution in [1.29, 1.82) is 0 Å². The SMILES string of the molecule is CCOC(=O)c1csc(CN(C(=O)C#Cc2ccccc2)c2ccccc2)n1. The normalized spacial score (nSPS) is 9.89. The van der Waals surface area contributed by atoms with Crippen LogP contribution in [0.1, 0.15) is 28.0 Å². The highest BCUT2D eigenvalue weighted by molar-refractivity contribution is 7.09. The molecule has 1 amide bonds. The van der Waals surface area contributed by atoms with E-state index >= 15 is 0 Å². The third kappa shape index (κ3) is 5.06. The van der Waals surface area contributed by atoms with Gasteiger partial charge in [-0.2, -0.15) is 0 Å². The molecule has 2 aromatic carbocycles. The van der Waals surface area contributed by atoms with Crippen molar-refractivity contribution < 1.29 is 14.3 Å². The number of hydrogen-bond donors (Lipinski definition) is 0. The molecule has 0 saturated carbocycles. The first-order valence-electron chi connectivity index (χ1n) is 8.72. The number of benzene rings is 2. The van der Waals surface area contributed by atoms with E-state index in [0.717, 1.165) is 5.56 Å². The van der Waals surface area contributed by atoms with Gasteiger partial charge in [-0.05, 0) is 31.2 Å². The molecule has 5 nitrogen and oxygen atoms in total. The van der Waals surface area contributed by atoms with Gasteiger partial charge in [0.25, 0.3) is 0 Å². The van der Waals surface area contributed by atoms with Gasteiger partial charge < -0.3 is 4.74 Å². The van der Waals surface area contributed by atoms with Gasteiger partial charge in [-0.15, -0.1) is 11.3 Å². The summed E-state index contributed by atoms with van der Waals surface area (Å²) in [5.74, 6) is 4.77. The van der Waals surface area contributed by atoms with Crippen molar-refractivity contribution in [3.63, 3.8) is 0 Å². The maximum atomic E-state index is 12.8. The molecule has 0 spiro atoms. The van der Waals surface area contributed by atoms with Crippen LogP contribution in [0.25, 0.3) is 0 Å². The summed E-state index contributed by atoms with van der Waals surface area (Å²) in [5.41, 5.74) is 1.73. The molecular formula is C22H18N2O3S. The van der Waals surface area contributed by atoms with Gasteiger partial charge in [0.15, 0.2) is 5.69 Å². The third-order valence-corrected chi connectivity index (χ3v) is 4.56. The molecule has 0 bridgehead atoms. The largest absolute Gasteiger partial charge is 0.461 e. The lowest BCUT2D eigenvalue weighted by molar-refractivity contribution is -0.113. The van der Waals surface area contributed by atoms with Crippen LogP contribution in [0.15, 0.2) is 66.0 Å². The summed E-state index contributed by atoms with van der Waals surface area (Å²) in [5, 5.41) is 2.26. The molecule has 1 heterocycles. The first-order valence-corrected chi connectivity index (χ1v) is 9.60. The first kappa shape index (κ1) is 19.3. The minimum atomic E-state index is -0.466. The van der Waals surface area contributed by atoms with Gasteiger partial charge in [0, 0.05) is 22.6 Å². The highest BCUT2D eigenvalue weighted by atomic mass is 32.1. The Balaban J connectivity index is 1.83. The molecule has 0 aliphatic heterocycles. The van der Waals surface area contributed by atoms with Crippen molar-refractivity contribution in [1.82, 2.24) is 4.98 Å². The molecule has 0 atom stereocenters. The molecule has 0 fully saturated rings. The maximum Gasteiger partial charge on any atom is 0.357 e. The van der Waals surface area contributed by atoms with Crippen LogP contribution in [-0.2, 0) is 16.1 Å². The van der Waals surface area contributed by atoms with Gasteiger partial charge in [0.05, 0.1) is 13.2 Å². The Kier molecular flexibility index (Phi) is 6.55. The number of aromatic nitrogens is 1. The lowest BCUT2D eigenvalue weighted by Gasteiger charge is -2.19. The second-order valence-electron chi connectivity index (χ2n) is 5.69. The predicted molar refractivity (Wildman–Crippen MR) is 109 cm³/mol. The number of amides is 1. The van der Waals surface area contributed by atoms with Gasteiger partial charge in [-0.1, -0.05) is 42.3 Å². The average Bonchev–Trinajstić information content (AvgIpc) is 3.21. The lowest BCUT2D eigenvalue weighted by Crippen LogP contribution is -2.29. The third-order valence-electron chi connectivity index (χ3n) is 3.73. The molecular weight excluding hydrogens is 372 g/mol. The molecule has 0 saturated heterocycles. The van der Waals surface area contributed by atoms with Gasteiger partial charge in [-0.3, -0.25) is 9.69 Å². The van der Waals surface area contributed by atoms with Crippen molar-refractivity contribution >= 4 is 28.9 Å². The molecule has 3 rings (SSSR count). The number of ether oxygens (including phenoxy) is 1. The molecule has 0 unspecified atom stereocenters. The zero-order chi connectivity index (χ0) is 19.8. The summed E-state index contributed by atoms with van der Waals surface area (Å²) in [7, 11) is 0. The van der Waals surface area contributed by atoms with Crippen LogP contribution < -0.4 is 4.90 Å². The summed E-state index contributed by atoms with van der Waals surface area (Å²) in [6.45, 7) is 2.25. The van der Waals surface area contributed by atoms with Crippen LogP contribution in [0.5, 0.6) is 0 Å². The fourth-order valence-electron chi connectivity index (χ4n) is 2.42. The molecule has 1 aromatic heterocycles. The number of nitrogens with zero attached hydrogens (tertiary/aromatic N) is 2. The Morgan fingerprint density at radius 3 is 2.43 bits per heavy atom. The second kappa shape index (κ2) is 9.49. The molecule has 0 N–H and O–H groups in total. The minimum Gasteiger partial charge on any atom is -0.461 e. The number of carbonyl (C=O) groups is 2. The highest BCUT2D eigenvalue weighted by Crippen LogP contribution is 2.19. The van der Waals surface area contributed by atoms with E-state index in [9.17, 15) is 9.59 Å². The first-order chi connectivity index (χ1) is 13.7. The van der Waals surface area contributed by atoms with E-state index in [-0.39, 0.29) is 24.8 Å². The summed E-state index contributed by atoms with van der Waals surface area (Å²) in [6.07, 6.45) is 0. The van der Waals surface area contributed by atoms with Crippen LogP contribution in [0.2, 0.25) is 0 Å². The topological polar surface area (TPSA) is 59.5 Å². The van der Waals surface area contributed by atoms with Crippen LogP contribution in [-0.4, -0.2) is 23.5 Å². The molecule has 0 aliphatic rings. The Hall–Kier alpha value is -3.43. The van der Waals surface area contributed by atoms with E-state index in [2.05, 4.69) is 16.8 Å². The monoisotopic (exact) mass is 390 g/mol. The molecule has 6 heteroatoms. The van der Waals surface area contributed by atoms with Crippen molar-refractivity contribution in [3.05, 3.63) is 82.3 Å². The van der Waals surface area contributed by atoms with Crippen molar-refractivity contribution in [2.24, 2.45) is 0 Å². The second-order valence-corrected chi connectivity index (χ2v) is 6.63. The molecule has 140 valence electrons. The molecule has 0 aliphatic carbocycles. The number of carbonyl (C=O) groups excluding carboxylic acids is 2. The van der Waals surface area contributed by atoms with Crippen LogP contribution in [0, 0.1) is 11.8 Å².